The zero-order valence-corrected chi connectivity index (χ0v) is 20.8. The van der Waals surface area contributed by atoms with Crippen LogP contribution in [-0.2, 0) is 6.42 Å². The molecule has 2 aromatic heterocycles. The molecule has 0 fully saturated rings. The van der Waals surface area contributed by atoms with Gasteiger partial charge in [0.2, 0.25) is 0 Å². The molecule has 10 heteroatoms. The molecule has 3 aromatic carbocycles. The van der Waals surface area contributed by atoms with Gasteiger partial charge in [0, 0.05) is 24.6 Å². The quantitative estimate of drug-likeness (QED) is 0.322. The van der Waals surface area contributed by atoms with E-state index in [1.807, 2.05) is 18.2 Å². The van der Waals surface area contributed by atoms with Gasteiger partial charge in [0.15, 0.2) is 0 Å². The number of hydrogen-bond acceptors (Lipinski definition) is 7. The van der Waals surface area contributed by atoms with E-state index >= 15 is 0 Å². The van der Waals surface area contributed by atoms with Crippen molar-refractivity contribution in [1.29, 1.82) is 0 Å². The Hall–Kier alpha value is -5.30. The van der Waals surface area contributed by atoms with Gasteiger partial charge < -0.3 is 15.8 Å². The molecule has 39 heavy (non-hydrogen) atoms. The summed E-state index contributed by atoms with van der Waals surface area (Å²) in [4.78, 5) is 26.1. The molecule has 5 rings (SSSR count). The molecule has 3 N–H and O–H groups in total. The fourth-order valence-electron chi connectivity index (χ4n) is 4.07. The summed E-state index contributed by atoms with van der Waals surface area (Å²) in [5.74, 6) is 5.87. The first kappa shape index (κ1) is 25.4. The molecule has 0 radical (unpaired) electrons. The van der Waals surface area contributed by atoms with E-state index < -0.39 is 11.6 Å². The molecule has 8 nitrogen and oxygen atoms in total. The van der Waals surface area contributed by atoms with Gasteiger partial charge in [-0.2, -0.15) is 0 Å². The summed E-state index contributed by atoms with van der Waals surface area (Å²) in [6.45, 7) is 0.262. The third-order valence-electron chi connectivity index (χ3n) is 5.89. The number of nitrogens with two attached hydrogens (primary N) is 1. The number of hydrogen-bond donors (Lipinski definition) is 2. The van der Waals surface area contributed by atoms with Gasteiger partial charge in [-0.25, -0.2) is 23.7 Å². The van der Waals surface area contributed by atoms with Crippen molar-refractivity contribution >= 4 is 22.5 Å². The highest BCUT2D eigenvalue weighted by atomic mass is 19.1. The minimum absolute atomic E-state index is 0.00744. The van der Waals surface area contributed by atoms with E-state index in [1.165, 1.54) is 42.3 Å². The van der Waals surface area contributed by atoms with Crippen molar-refractivity contribution in [1.82, 2.24) is 19.5 Å². The van der Waals surface area contributed by atoms with Gasteiger partial charge >= 0.3 is 0 Å². The summed E-state index contributed by atoms with van der Waals surface area (Å²) < 4.78 is 35.0. The number of anilines is 2. The highest BCUT2D eigenvalue weighted by Gasteiger charge is 2.15. The van der Waals surface area contributed by atoms with Crippen molar-refractivity contribution < 1.29 is 13.5 Å². The number of methoxy groups -OCH3 is 1. The van der Waals surface area contributed by atoms with Crippen molar-refractivity contribution in [2.24, 2.45) is 0 Å². The molecule has 0 aliphatic rings. The van der Waals surface area contributed by atoms with Gasteiger partial charge in [0.25, 0.3) is 5.56 Å². The number of aromatic nitrogens is 4. The van der Waals surface area contributed by atoms with E-state index in [0.717, 1.165) is 0 Å². The standard InChI is InChI=1S/C29H22F2N6O2/c1-39-21-15-18(14-19(30)16-21)10-11-23-27(32)34-17-35-28(23)33-13-12-25-36-26-22(8-5-9-24(26)31)29(38)37(25)20-6-3-2-4-7-20/h2-9,14-17H,12-13H2,1H3,(H3,32,33,34,35). The number of nitrogens with one attached hydrogen (secondary N) is 1. The van der Waals surface area contributed by atoms with Crippen LogP contribution in [0.2, 0.25) is 0 Å². The second-order valence-electron chi connectivity index (χ2n) is 8.43. The third kappa shape index (κ3) is 5.38. The fraction of sp³-hybridized carbons (Fsp3) is 0.103. The summed E-state index contributed by atoms with van der Waals surface area (Å²) in [5.41, 5.74) is 7.01. The van der Waals surface area contributed by atoms with Gasteiger partial charge in [0.05, 0.1) is 18.2 Å². The molecule has 0 aliphatic carbocycles. The molecule has 0 saturated carbocycles. The van der Waals surface area contributed by atoms with Crippen LogP contribution in [0.1, 0.15) is 17.0 Å². The minimum Gasteiger partial charge on any atom is -0.497 e. The lowest BCUT2D eigenvalue weighted by Crippen LogP contribution is -2.25. The van der Waals surface area contributed by atoms with Crippen LogP contribution in [0.15, 0.2) is 77.9 Å². The average molecular weight is 525 g/mol. The Balaban J connectivity index is 1.46. The Kier molecular flexibility index (Phi) is 7.14. The Morgan fingerprint density at radius 1 is 1.03 bits per heavy atom. The third-order valence-corrected chi connectivity index (χ3v) is 5.89. The molecule has 0 atom stereocenters. The monoisotopic (exact) mass is 524 g/mol. The molecular formula is C29H22F2N6O2. The van der Waals surface area contributed by atoms with Crippen LogP contribution >= 0.6 is 0 Å². The van der Waals surface area contributed by atoms with E-state index in [1.54, 1.807) is 24.3 Å². The molecule has 5 aromatic rings. The zero-order chi connectivity index (χ0) is 27.4. The first-order valence-electron chi connectivity index (χ1n) is 11.9. The zero-order valence-electron chi connectivity index (χ0n) is 20.8. The number of benzene rings is 3. The average Bonchev–Trinajstić information content (AvgIpc) is 2.93. The van der Waals surface area contributed by atoms with Crippen LogP contribution in [0.3, 0.4) is 0 Å². The van der Waals surface area contributed by atoms with Crippen LogP contribution in [0.4, 0.5) is 20.4 Å². The number of nitrogens with zero attached hydrogens (tertiary/aromatic N) is 4. The van der Waals surface area contributed by atoms with E-state index in [9.17, 15) is 13.6 Å². The van der Waals surface area contributed by atoms with Crippen molar-refractivity contribution in [3.8, 4) is 23.3 Å². The molecule has 0 amide bonds. The summed E-state index contributed by atoms with van der Waals surface area (Å²) in [5, 5.41) is 3.34. The van der Waals surface area contributed by atoms with Crippen molar-refractivity contribution in [3.63, 3.8) is 0 Å². The predicted molar refractivity (Wildman–Crippen MR) is 145 cm³/mol. The van der Waals surface area contributed by atoms with E-state index in [0.29, 0.717) is 34.2 Å². The van der Waals surface area contributed by atoms with Gasteiger partial charge in [-0.15, -0.1) is 0 Å². The Morgan fingerprint density at radius 2 is 1.85 bits per heavy atom. The van der Waals surface area contributed by atoms with E-state index in [-0.39, 0.29) is 35.2 Å². The molecular weight excluding hydrogens is 502 g/mol. The normalized spacial score (nSPS) is 10.6. The Bertz CT molecular complexity index is 1800. The second-order valence-corrected chi connectivity index (χ2v) is 8.43. The summed E-state index contributed by atoms with van der Waals surface area (Å²) in [7, 11) is 1.44. The maximum atomic E-state index is 14.6. The molecule has 0 saturated heterocycles. The molecule has 0 bridgehead atoms. The maximum Gasteiger partial charge on any atom is 0.266 e. The number of halogens is 2. The first-order valence-corrected chi connectivity index (χ1v) is 11.9. The van der Waals surface area contributed by atoms with Gasteiger partial charge in [0.1, 0.15) is 52.3 Å². The molecule has 0 unspecified atom stereocenters. The predicted octanol–water partition coefficient (Wildman–Crippen LogP) is 4.10. The van der Waals surface area contributed by atoms with Crippen molar-refractivity contribution in [2.45, 2.75) is 6.42 Å². The summed E-state index contributed by atoms with van der Waals surface area (Å²) in [6, 6.07) is 17.4. The molecule has 0 spiro atoms. The maximum absolute atomic E-state index is 14.6. The highest BCUT2D eigenvalue weighted by molar-refractivity contribution is 5.78. The number of para-hydroxylation sites is 2. The SMILES string of the molecule is COc1cc(F)cc(C#Cc2c(N)ncnc2NCCc2nc3c(F)cccc3c(=O)n2-c2ccccc2)c1. The van der Waals surface area contributed by atoms with Crippen LogP contribution < -0.4 is 21.3 Å². The number of nitrogen functional groups attached to an aromatic ring is 1. The van der Waals surface area contributed by atoms with Crippen LogP contribution in [0.5, 0.6) is 5.75 Å². The highest BCUT2D eigenvalue weighted by Crippen LogP contribution is 2.19. The Labute approximate surface area is 222 Å². The van der Waals surface area contributed by atoms with Crippen LogP contribution in [-0.4, -0.2) is 33.2 Å². The topological polar surface area (TPSA) is 108 Å². The first-order chi connectivity index (χ1) is 18.9. The van der Waals surface area contributed by atoms with Gasteiger partial charge in [-0.3, -0.25) is 9.36 Å². The largest absolute Gasteiger partial charge is 0.497 e. The van der Waals surface area contributed by atoms with Gasteiger partial charge in [-0.05, 0) is 36.4 Å². The number of rotatable bonds is 6. The molecule has 2 heterocycles. The number of fused-ring (bicyclic) bond motifs is 1. The van der Waals surface area contributed by atoms with Crippen molar-refractivity contribution in [3.05, 3.63) is 112 Å². The lowest BCUT2D eigenvalue weighted by atomic mass is 10.2. The van der Waals surface area contributed by atoms with Crippen molar-refractivity contribution in [2.75, 3.05) is 24.7 Å². The second kappa shape index (κ2) is 11.0. The molecule has 194 valence electrons. The minimum atomic E-state index is -0.575. The Morgan fingerprint density at radius 3 is 2.64 bits per heavy atom. The molecule has 0 aliphatic heterocycles. The van der Waals surface area contributed by atoms with Gasteiger partial charge in [-0.1, -0.05) is 36.1 Å². The number of ether oxygens (including phenoxy) is 1. The van der Waals surface area contributed by atoms with E-state index in [4.69, 9.17) is 10.5 Å². The lowest BCUT2D eigenvalue weighted by molar-refractivity contribution is 0.411. The smallest absolute Gasteiger partial charge is 0.266 e. The van der Waals surface area contributed by atoms with Crippen LogP contribution in [0.25, 0.3) is 16.6 Å². The van der Waals surface area contributed by atoms with E-state index in [2.05, 4.69) is 32.1 Å². The lowest BCUT2D eigenvalue weighted by Gasteiger charge is -2.15. The summed E-state index contributed by atoms with van der Waals surface area (Å²) >= 11 is 0. The summed E-state index contributed by atoms with van der Waals surface area (Å²) in [6.07, 6.45) is 1.53. The fourth-order valence-corrected chi connectivity index (χ4v) is 4.07. The van der Waals surface area contributed by atoms with Crippen LogP contribution in [0, 0.1) is 23.5 Å².